The first kappa shape index (κ1) is 6.88. The van der Waals surface area contributed by atoms with E-state index in [1.165, 1.54) is 0 Å². The molecule has 66 valence electrons. The summed E-state index contributed by atoms with van der Waals surface area (Å²) in [5, 5.41) is 0.537. The van der Waals surface area contributed by atoms with Crippen LogP contribution in [0.5, 0.6) is 0 Å². The van der Waals surface area contributed by atoms with Gasteiger partial charge < -0.3 is 8.83 Å². The fourth-order valence-corrected chi connectivity index (χ4v) is 1.87. The summed E-state index contributed by atoms with van der Waals surface area (Å²) in [5.74, 6) is 0.904. The Morgan fingerprint density at radius 2 is 2.31 bits per heavy atom. The van der Waals surface area contributed by atoms with E-state index >= 15 is 0 Å². The third kappa shape index (κ3) is 0.798. The van der Waals surface area contributed by atoms with Crippen LogP contribution in [0.3, 0.4) is 0 Å². The summed E-state index contributed by atoms with van der Waals surface area (Å²) in [6.07, 6.45) is 3.99. The second-order valence-corrected chi connectivity index (χ2v) is 3.18. The summed E-state index contributed by atoms with van der Waals surface area (Å²) in [6, 6.07) is 0. The van der Waals surface area contributed by atoms with E-state index in [4.69, 9.17) is 8.83 Å². The molecule has 1 aliphatic rings. The fraction of sp³-hybridized carbons (Fsp3) is 0.333. The lowest BCUT2D eigenvalue weighted by molar-refractivity contribution is 0.486. The second-order valence-electron chi connectivity index (χ2n) is 3.18. The zero-order valence-electron chi connectivity index (χ0n) is 6.87. The molecule has 0 N–H and O–H groups in total. The minimum Gasteiger partial charge on any atom is -0.442 e. The summed E-state index contributed by atoms with van der Waals surface area (Å²) in [6.45, 7) is 0. The maximum absolute atomic E-state index is 11.3. The van der Waals surface area contributed by atoms with Crippen molar-refractivity contribution in [2.75, 3.05) is 0 Å². The SMILES string of the molecule is O=c1ocnc2oc3c(c12)CCC3. The predicted molar refractivity (Wildman–Crippen MR) is 44.6 cm³/mol. The minimum absolute atomic E-state index is 0.336. The normalized spacial score (nSPS) is 15.1. The van der Waals surface area contributed by atoms with Crippen LogP contribution in [0.25, 0.3) is 11.1 Å². The second kappa shape index (κ2) is 2.22. The molecule has 0 bridgehead atoms. The molecule has 3 rings (SSSR count). The number of fused-ring (bicyclic) bond motifs is 3. The van der Waals surface area contributed by atoms with Crippen molar-refractivity contribution in [1.82, 2.24) is 4.98 Å². The average molecular weight is 177 g/mol. The Hall–Kier alpha value is -1.58. The molecule has 4 nitrogen and oxygen atoms in total. The van der Waals surface area contributed by atoms with E-state index < -0.39 is 0 Å². The molecule has 0 atom stereocenters. The zero-order valence-corrected chi connectivity index (χ0v) is 6.87. The van der Waals surface area contributed by atoms with Crippen molar-refractivity contribution in [1.29, 1.82) is 0 Å². The lowest BCUT2D eigenvalue weighted by atomic mass is 10.2. The van der Waals surface area contributed by atoms with E-state index in [-0.39, 0.29) is 5.63 Å². The van der Waals surface area contributed by atoms with Gasteiger partial charge in [-0.2, -0.15) is 4.98 Å². The van der Waals surface area contributed by atoms with Crippen molar-refractivity contribution < 1.29 is 8.83 Å². The van der Waals surface area contributed by atoms with Crippen LogP contribution < -0.4 is 5.63 Å². The molecule has 4 heteroatoms. The monoisotopic (exact) mass is 177 g/mol. The molecule has 0 saturated carbocycles. The zero-order chi connectivity index (χ0) is 8.84. The van der Waals surface area contributed by atoms with Gasteiger partial charge in [0, 0.05) is 12.0 Å². The Balaban J connectivity index is 2.53. The van der Waals surface area contributed by atoms with Gasteiger partial charge in [-0.15, -0.1) is 0 Å². The molecule has 1 aliphatic carbocycles. The number of hydrogen-bond donors (Lipinski definition) is 0. The van der Waals surface area contributed by atoms with E-state index in [9.17, 15) is 4.79 Å². The Kier molecular flexibility index (Phi) is 1.17. The van der Waals surface area contributed by atoms with Gasteiger partial charge in [-0.1, -0.05) is 0 Å². The summed E-state index contributed by atoms with van der Waals surface area (Å²) in [7, 11) is 0. The summed E-state index contributed by atoms with van der Waals surface area (Å²) in [4.78, 5) is 15.2. The molecule has 2 heterocycles. The Bertz CT molecular complexity index is 523. The highest BCUT2D eigenvalue weighted by atomic mass is 16.4. The quantitative estimate of drug-likeness (QED) is 0.608. The highest BCUT2D eigenvalue weighted by molar-refractivity contribution is 5.77. The molecule has 13 heavy (non-hydrogen) atoms. The van der Waals surface area contributed by atoms with Gasteiger partial charge in [0.15, 0.2) is 6.39 Å². The van der Waals surface area contributed by atoms with E-state index in [0.717, 1.165) is 37.0 Å². The first-order valence-electron chi connectivity index (χ1n) is 4.24. The Labute approximate surface area is 73.2 Å². The van der Waals surface area contributed by atoms with E-state index in [1.54, 1.807) is 0 Å². The third-order valence-corrected chi connectivity index (χ3v) is 2.44. The van der Waals surface area contributed by atoms with Crippen LogP contribution in [-0.2, 0) is 12.8 Å². The molecule has 0 radical (unpaired) electrons. The van der Waals surface area contributed by atoms with Crippen LogP contribution in [-0.4, -0.2) is 4.98 Å². The molecule has 0 unspecified atom stereocenters. The highest BCUT2D eigenvalue weighted by Gasteiger charge is 2.22. The van der Waals surface area contributed by atoms with Crippen LogP contribution in [0.15, 0.2) is 20.0 Å². The molecule has 2 aromatic heterocycles. The van der Waals surface area contributed by atoms with Crippen molar-refractivity contribution in [2.24, 2.45) is 0 Å². The van der Waals surface area contributed by atoms with Crippen LogP contribution in [0.1, 0.15) is 17.7 Å². The third-order valence-electron chi connectivity index (χ3n) is 2.44. The van der Waals surface area contributed by atoms with Crippen molar-refractivity contribution in [3.63, 3.8) is 0 Å². The van der Waals surface area contributed by atoms with Gasteiger partial charge in [0.2, 0.25) is 5.71 Å². The molecule has 0 amide bonds. The number of furan rings is 1. The maximum atomic E-state index is 11.3. The molecular formula is C9H7NO3. The molecule has 0 aliphatic heterocycles. The van der Waals surface area contributed by atoms with Crippen LogP contribution in [0.2, 0.25) is 0 Å². The van der Waals surface area contributed by atoms with E-state index in [1.807, 2.05) is 0 Å². The Morgan fingerprint density at radius 3 is 3.23 bits per heavy atom. The number of aryl methyl sites for hydroxylation is 2. The average Bonchev–Trinajstić information content (AvgIpc) is 2.62. The minimum atomic E-state index is -0.336. The first-order valence-corrected chi connectivity index (χ1v) is 4.24. The van der Waals surface area contributed by atoms with Crippen molar-refractivity contribution in [3.8, 4) is 0 Å². The fourth-order valence-electron chi connectivity index (χ4n) is 1.87. The molecule has 0 aromatic carbocycles. The molecule has 2 aromatic rings. The molecule has 0 spiro atoms. The van der Waals surface area contributed by atoms with Crippen LogP contribution in [0, 0.1) is 0 Å². The van der Waals surface area contributed by atoms with Gasteiger partial charge in [0.05, 0.1) is 0 Å². The topological polar surface area (TPSA) is 56.2 Å². The first-order chi connectivity index (χ1) is 6.36. The van der Waals surface area contributed by atoms with Gasteiger partial charge in [-0.05, 0) is 12.8 Å². The number of aromatic nitrogens is 1. The standard InChI is InChI=1S/C9H7NO3/c11-9-7-5-2-1-3-6(5)13-8(7)10-4-12-9/h4H,1-3H2. The van der Waals surface area contributed by atoms with Gasteiger partial charge >= 0.3 is 5.63 Å². The van der Waals surface area contributed by atoms with Crippen molar-refractivity contribution >= 4 is 11.1 Å². The van der Waals surface area contributed by atoms with Crippen LogP contribution in [0.4, 0.5) is 0 Å². The Morgan fingerprint density at radius 1 is 1.38 bits per heavy atom. The predicted octanol–water partition coefficient (Wildman–Crippen LogP) is 1.27. The van der Waals surface area contributed by atoms with Gasteiger partial charge in [0.25, 0.3) is 0 Å². The number of rotatable bonds is 0. The molecule has 0 fully saturated rings. The largest absolute Gasteiger partial charge is 0.442 e. The lowest BCUT2D eigenvalue weighted by Gasteiger charge is -1.87. The summed E-state index contributed by atoms with van der Waals surface area (Å²) in [5.41, 5.74) is 1.08. The summed E-state index contributed by atoms with van der Waals surface area (Å²) >= 11 is 0. The maximum Gasteiger partial charge on any atom is 0.350 e. The molecular weight excluding hydrogens is 170 g/mol. The van der Waals surface area contributed by atoms with Gasteiger partial charge in [-0.25, -0.2) is 4.79 Å². The van der Waals surface area contributed by atoms with E-state index in [0.29, 0.717) is 11.1 Å². The number of hydrogen-bond acceptors (Lipinski definition) is 4. The van der Waals surface area contributed by atoms with Crippen LogP contribution >= 0.6 is 0 Å². The van der Waals surface area contributed by atoms with E-state index in [2.05, 4.69) is 4.98 Å². The number of nitrogens with zero attached hydrogens (tertiary/aromatic N) is 1. The highest BCUT2D eigenvalue weighted by Crippen LogP contribution is 2.29. The molecule has 0 saturated heterocycles. The van der Waals surface area contributed by atoms with Gasteiger partial charge in [0.1, 0.15) is 11.1 Å². The lowest BCUT2D eigenvalue weighted by Crippen LogP contribution is -1.99. The smallest absolute Gasteiger partial charge is 0.350 e. The van der Waals surface area contributed by atoms with Crippen molar-refractivity contribution in [3.05, 3.63) is 28.1 Å². The summed E-state index contributed by atoms with van der Waals surface area (Å²) < 4.78 is 10.1. The van der Waals surface area contributed by atoms with Gasteiger partial charge in [-0.3, -0.25) is 0 Å². The van der Waals surface area contributed by atoms with Crippen molar-refractivity contribution in [2.45, 2.75) is 19.3 Å².